The first-order chi connectivity index (χ1) is 26.6. The van der Waals surface area contributed by atoms with Crippen LogP contribution in [0.4, 0.5) is 5.69 Å². The predicted octanol–water partition coefficient (Wildman–Crippen LogP) is 7.49. The number of ether oxygens (including phenoxy) is 3. The van der Waals surface area contributed by atoms with Gasteiger partial charge in [0.15, 0.2) is 28.3 Å². The van der Waals surface area contributed by atoms with E-state index in [-0.39, 0.29) is 49.0 Å². The molecule has 1 fully saturated rings. The molecule has 3 aromatic rings. The molecule has 4 aliphatic rings. The van der Waals surface area contributed by atoms with Crippen molar-refractivity contribution in [2.45, 2.75) is 39.5 Å². The number of nitrogens with zero attached hydrogens (tertiary/aromatic N) is 6. The topological polar surface area (TPSA) is 169 Å². The molecule has 0 radical (unpaired) electrons. The maximum absolute atomic E-state index is 13.7. The van der Waals surface area contributed by atoms with Gasteiger partial charge in [-0.2, -0.15) is 0 Å². The lowest BCUT2D eigenvalue weighted by atomic mass is 9.78. The first kappa shape index (κ1) is 36.7. The molecule has 3 aliphatic heterocycles. The van der Waals surface area contributed by atoms with Crippen LogP contribution >= 0.6 is 0 Å². The molecule has 1 aliphatic carbocycles. The van der Waals surface area contributed by atoms with Gasteiger partial charge in [-0.3, -0.25) is 19.2 Å². The zero-order chi connectivity index (χ0) is 38.6. The number of fused-ring (bicyclic) bond motifs is 3. The van der Waals surface area contributed by atoms with Crippen molar-refractivity contribution in [1.29, 1.82) is 0 Å². The predicted molar refractivity (Wildman–Crippen MR) is 202 cm³/mol. The third-order valence-corrected chi connectivity index (χ3v) is 9.58. The van der Waals surface area contributed by atoms with Gasteiger partial charge in [-0.05, 0) is 77.0 Å². The summed E-state index contributed by atoms with van der Waals surface area (Å²) >= 11 is 0. The number of β-lactam (4-membered cyclic amide) rings is 1. The summed E-state index contributed by atoms with van der Waals surface area (Å²) in [6, 6.07) is 22.1. The average molecular weight is 743 g/mol. The molecule has 0 N–H and O–H groups in total. The number of aromatic nitrogens is 1. The number of hydrogen-bond donors (Lipinski definition) is 0. The molecular formula is C41H38N6O8. The van der Waals surface area contributed by atoms with E-state index in [2.05, 4.69) is 15.0 Å². The number of carbonyl (C=O) groups excluding carboxylic acids is 2. The fraction of sp³-hybridized carbons (Fsp3) is 0.268. The van der Waals surface area contributed by atoms with E-state index < -0.39 is 5.91 Å². The number of hydrogen-bond acceptors (Lipinski definition) is 10. The first-order valence-electron chi connectivity index (χ1n) is 17.7. The Labute approximate surface area is 316 Å². The van der Waals surface area contributed by atoms with Crippen LogP contribution in [0.3, 0.4) is 0 Å². The van der Waals surface area contributed by atoms with E-state index in [1.807, 2.05) is 38.1 Å². The highest BCUT2D eigenvalue weighted by atomic mass is 16.7. The fourth-order valence-electron chi connectivity index (χ4n) is 6.84. The van der Waals surface area contributed by atoms with Gasteiger partial charge in [0.2, 0.25) is 5.91 Å². The number of amides is 2. The molecule has 3 aromatic carbocycles. The van der Waals surface area contributed by atoms with E-state index in [0.717, 1.165) is 21.8 Å². The second-order valence-electron chi connectivity index (χ2n) is 13.5. The summed E-state index contributed by atoms with van der Waals surface area (Å²) < 4.78 is 23.6. The Morgan fingerprint density at radius 2 is 1.82 bits per heavy atom. The summed E-state index contributed by atoms with van der Waals surface area (Å²) in [4.78, 5) is 53.5. The summed E-state index contributed by atoms with van der Waals surface area (Å²) in [6.07, 6.45) is 4.19. The van der Waals surface area contributed by atoms with Crippen LogP contribution in [0.15, 0.2) is 117 Å². The number of methoxy groups -OCH3 is 1. The molecule has 1 saturated heterocycles. The van der Waals surface area contributed by atoms with E-state index >= 15 is 0 Å². The lowest BCUT2D eigenvalue weighted by molar-refractivity contribution is -0.183. The molecular weight excluding hydrogens is 704 g/mol. The molecule has 2 amide bonds. The summed E-state index contributed by atoms with van der Waals surface area (Å²) in [5.74, 6) is 1.49. The SMILES string of the molecule is COc1cc(COc2ccc3nc4ccc(=O)cc-4oc3c2)ccc1OC/C=C/C1=C(C(=O)N(C)OCc2ccc(N=[N+]=[N-])cc2)N2C(=O)[C@H](C(C)C)[C@H]2C1. The molecule has 14 heteroatoms. The largest absolute Gasteiger partial charge is 0.493 e. The minimum Gasteiger partial charge on any atom is -0.493 e. The van der Waals surface area contributed by atoms with Crippen LogP contribution in [0.25, 0.3) is 33.0 Å². The van der Waals surface area contributed by atoms with Gasteiger partial charge in [0.05, 0.1) is 19.1 Å². The standard InChI is InChI=1S/C41H38N6O8/c1-24(2)38-33-19-27(39(47(33)40(38)49)41(50)46(3)54-23-25-7-10-28(11-8-25)44-45-42)6-5-17-52-34-16-9-26(18-37(34)51-4)22-53-30-13-15-32-36(21-30)55-35-20-29(48)12-14-31(35)43-32/h5-16,18,20-21,24,33,38H,17,19,22-23H2,1-4H3/b6-5+/t33-,38-/m1/s1. The highest BCUT2D eigenvalue weighted by Gasteiger charge is 2.55. The third-order valence-electron chi connectivity index (χ3n) is 9.58. The Bertz CT molecular complexity index is 2400. The molecule has 7 rings (SSSR count). The van der Waals surface area contributed by atoms with Crippen molar-refractivity contribution in [2.24, 2.45) is 17.0 Å². The Kier molecular flexibility index (Phi) is 10.5. The summed E-state index contributed by atoms with van der Waals surface area (Å²) in [5.41, 5.74) is 13.3. The molecule has 0 bridgehead atoms. The van der Waals surface area contributed by atoms with Crippen LogP contribution < -0.4 is 19.6 Å². The van der Waals surface area contributed by atoms with Crippen LogP contribution in [0.1, 0.15) is 31.4 Å². The van der Waals surface area contributed by atoms with E-state index in [9.17, 15) is 14.4 Å². The number of carbonyl (C=O) groups is 2. The van der Waals surface area contributed by atoms with Crippen LogP contribution in [0.5, 0.6) is 17.2 Å². The first-order valence-corrected chi connectivity index (χ1v) is 17.7. The van der Waals surface area contributed by atoms with Crippen LogP contribution in [0.2, 0.25) is 0 Å². The lowest BCUT2D eigenvalue weighted by Gasteiger charge is -2.46. The summed E-state index contributed by atoms with van der Waals surface area (Å²) in [5, 5.41) is 4.71. The summed E-state index contributed by atoms with van der Waals surface area (Å²) in [6.45, 7) is 4.55. The smallest absolute Gasteiger partial charge is 0.294 e. The van der Waals surface area contributed by atoms with Gasteiger partial charge in [-0.15, -0.1) is 0 Å². The van der Waals surface area contributed by atoms with E-state index in [1.165, 1.54) is 19.2 Å². The normalized spacial score (nSPS) is 16.4. The van der Waals surface area contributed by atoms with Crippen molar-refractivity contribution in [3.05, 3.63) is 134 Å². The van der Waals surface area contributed by atoms with Crippen molar-refractivity contribution in [3.8, 4) is 28.7 Å². The molecule has 3 heterocycles. The van der Waals surface area contributed by atoms with Crippen molar-refractivity contribution in [1.82, 2.24) is 14.9 Å². The lowest BCUT2D eigenvalue weighted by Crippen LogP contribution is -2.60. The molecule has 0 aromatic heterocycles. The van der Waals surface area contributed by atoms with Gasteiger partial charge < -0.3 is 23.5 Å². The number of azide groups is 1. The van der Waals surface area contributed by atoms with Crippen LogP contribution in [-0.4, -0.2) is 53.6 Å². The van der Waals surface area contributed by atoms with Crippen LogP contribution in [0, 0.1) is 11.8 Å². The van der Waals surface area contributed by atoms with Crippen molar-refractivity contribution in [2.75, 3.05) is 20.8 Å². The van der Waals surface area contributed by atoms with E-state index in [0.29, 0.717) is 57.6 Å². The fourth-order valence-corrected chi connectivity index (χ4v) is 6.84. The number of benzene rings is 4. The van der Waals surface area contributed by atoms with Crippen molar-refractivity contribution in [3.63, 3.8) is 0 Å². The minimum atomic E-state index is -0.426. The Balaban J connectivity index is 0.997. The molecule has 2 atom stereocenters. The number of rotatable bonds is 14. The van der Waals surface area contributed by atoms with Gasteiger partial charge >= 0.3 is 0 Å². The molecule has 55 heavy (non-hydrogen) atoms. The van der Waals surface area contributed by atoms with Gasteiger partial charge in [0.25, 0.3) is 5.91 Å². The van der Waals surface area contributed by atoms with Crippen molar-refractivity contribution < 1.29 is 33.1 Å². The molecule has 280 valence electrons. The molecule has 0 unspecified atom stereocenters. The maximum Gasteiger partial charge on any atom is 0.294 e. The monoisotopic (exact) mass is 742 g/mol. The van der Waals surface area contributed by atoms with Gasteiger partial charge in [0, 0.05) is 29.8 Å². The number of hydroxylamine groups is 2. The van der Waals surface area contributed by atoms with E-state index in [1.54, 1.807) is 66.6 Å². The molecule has 14 nitrogen and oxygen atoms in total. The quantitative estimate of drug-likeness (QED) is 0.0279. The van der Waals surface area contributed by atoms with Gasteiger partial charge in [-0.1, -0.05) is 55.4 Å². The number of likely N-dealkylation sites (N-methyl/N-ethyl adjacent to an activating group) is 1. The Hall–Kier alpha value is -6.63. The second kappa shape index (κ2) is 15.8. The average Bonchev–Trinajstić information content (AvgIpc) is 3.50. The highest BCUT2D eigenvalue weighted by molar-refractivity contribution is 6.02. The number of allylic oxidation sites excluding steroid dienone is 1. The molecule has 0 saturated carbocycles. The molecule has 0 spiro atoms. The van der Waals surface area contributed by atoms with Gasteiger partial charge in [0.1, 0.15) is 42.5 Å². The summed E-state index contributed by atoms with van der Waals surface area (Å²) in [7, 11) is 3.08. The van der Waals surface area contributed by atoms with Gasteiger partial charge in [-0.25, -0.2) is 10.0 Å². The van der Waals surface area contributed by atoms with Crippen LogP contribution in [-0.2, 0) is 27.6 Å². The third kappa shape index (κ3) is 7.72. The van der Waals surface area contributed by atoms with Crippen molar-refractivity contribution >= 4 is 28.6 Å². The Morgan fingerprint density at radius 1 is 1.02 bits per heavy atom. The zero-order valence-corrected chi connectivity index (χ0v) is 30.7. The second-order valence-corrected chi connectivity index (χ2v) is 13.5. The Morgan fingerprint density at radius 3 is 2.58 bits per heavy atom. The van der Waals surface area contributed by atoms with E-state index in [4.69, 9.17) is 29.0 Å². The minimum absolute atomic E-state index is 0.0704. The highest BCUT2D eigenvalue weighted by Crippen LogP contribution is 2.46. The maximum atomic E-state index is 13.7. The zero-order valence-electron chi connectivity index (χ0n) is 30.7.